The molecule has 0 radical (unpaired) electrons. The van der Waals surface area contributed by atoms with Gasteiger partial charge >= 0.3 is 0 Å². The van der Waals surface area contributed by atoms with E-state index in [0.717, 1.165) is 41.0 Å². The SMILES string of the molecule is Cc1c(Cl)nnc(-c2cccc(OC3CC3)c2)c1C. The first-order chi connectivity index (χ1) is 9.15. The number of rotatable bonds is 3. The zero-order valence-corrected chi connectivity index (χ0v) is 11.7. The fraction of sp³-hybridized carbons (Fsp3) is 0.333. The fourth-order valence-electron chi connectivity index (χ4n) is 1.95. The molecule has 0 atom stereocenters. The second kappa shape index (κ2) is 4.82. The molecule has 0 aliphatic heterocycles. The highest BCUT2D eigenvalue weighted by Gasteiger charge is 2.23. The van der Waals surface area contributed by atoms with Crippen LogP contribution in [-0.4, -0.2) is 16.3 Å². The maximum Gasteiger partial charge on any atom is 0.154 e. The molecular weight excluding hydrogens is 260 g/mol. The van der Waals surface area contributed by atoms with Crippen LogP contribution in [0.25, 0.3) is 11.3 Å². The Bertz CT molecular complexity index is 624. The molecule has 2 aromatic rings. The zero-order valence-electron chi connectivity index (χ0n) is 11.0. The molecule has 1 aliphatic carbocycles. The van der Waals surface area contributed by atoms with Crippen molar-refractivity contribution < 1.29 is 4.74 Å². The smallest absolute Gasteiger partial charge is 0.154 e. The average molecular weight is 275 g/mol. The maximum atomic E-state index is 5.98. The minimum atomic E-state index is 0.398. The molecule has 1 aromatic heterocycles. The first-order valence-corrected chi connectivity index (χ1v) is 6.79. The summed E-state index contributed by atoms with van der Waals surface area (Å²) in [6.07, 6.45) is 2.71. The minimum absolute atomic E-state index is 0.398. The van der Waals surface area contributed by atoms with E-state index in [1.54, 1.807) is 0 Å². The van der Waals surface area contributed by atoms with E-state index in [4.69, 9.17) is 16.3 Å². The van der Waals surface area contributed by atoms with E-state index in [0.29, 0.717) is 11.3 Å². The molecule has 0 N–H and O–H groups in total. The lowest BCUT2D eigenvalue weighted by Crippen LogP contribution is -1.98. The molecule has 1 saturated carbocycles. The second-order valence-corrected chi connectivity index (χ2v) is 5.29. The largest absolute Gasteiger partial charge is 0.490 e. The highest BCUT2D eigenvalue weighted by Crippen LogP contribution is 2.31. The third kappa shape index (κ3) is 2.56. The van der Waals surface area contributed by atoms with Gasteiger partial charge in [-0.15, -0.1) is 10.2 Å². The van der Waals surface area contributed by atoms with Crippen LogP contribution in [0.15, 0.2) is 24.3 Å². The third-order valence-corrected chi connectivity index (χ3v) is 3.76. The first-order valence-electron chi connectivity index (χ1n) is 6.41. The maximum absolute atomic E-state index is 5.98. The van der Waals surface area contributed by atoms with Crippen molar-refractivity contribution in [2.75, 3.05) is 0 Å². The van der Waals surface area contributed by atoms with Crippen molar-refractivity contribution in [3.05, 3.63) is 40.5 Å². The summed E-state index contributed by atoms with van der Waals surface area (Å²) >= 11 is 5.98. The van der Waals surface area contributed by atoms with E-state index in [1.165, 1.54) is 0 Å². The first kappa shape index (κ1) is 12.4. The van der Waals surface area contributed by atoms with Crippen molar-refractivity contribution >= 4 is 11.6 Å². The summed E-state index contributed by atoms with van der Waals surface area (Å²) in [6.45, 7) is 3.97. The van der Waals surface area contributed by atoms with Gasteiger partial charge in [0, 0.05) is 5.56 Å². The Hall–Kier alpha value is -1.61. The number of halogens is 1. The highest BCUT2D eigenvalue weighted by atomic mass is 35.5. The molecule has 4 heteroatoms. The van der Waals surface area contributed by atoms with Gasteiger partial charge < -0.3 is 4.74 Å². The van der Waals surface area contributed by atoms with Gasteiger partial charge in [-0.1, -0.05) is 23.7 Å². The summed E-state index contributed by atoms with van der Waals surface area (Å²) in [5.74, 6) is 0.897. The Morgan fingerprint density at radius 2 is 1.95 bits per heavy atom. The normalized spacial score (nSPS) is 14.5. The van der Waals surface area contributed by atoms with E-state index >= 15 is 0 Å². The molecule has 0 saturated heterocycles. The summed E-state index contributed by atoms with van der Waals surface area (Å²) in [4.78, 5) is 0. The summed E-state index contributed by atoms with van der Waals surface area (Å²) in [7, 11) is 0. The van der Waals surface area contributed by atoms with Gasteiger partial charge in [-0.05, 0) is 49.9 Å². The van der Waals surface area contributed by atoms with Gasteiger partial charge in [0.25, 0.3) is 0 Å². The lowest BCUT2D eigenvalue weighted by atomic mass is 10.0. The molecule has 19 heavy (non-hydrogen) atoms. The number of hydrogen-bond acceptors (Lipinski definition) is 3. The van der Waals surface area contributed by atoms with Crippen LogP contribution in [0.1, 0.15) is 24.0 Å². The van der Waals surface area contributed by atoms with Crippen LogP contribution >= 0.6 is 11.6 Å². The van der Waals surface area contributed by atoms with Crippen LogP contribution in [0, 0.1) is 13.8 Å². The Morgan fingerprint density at radius 3 is 2.68 bits per heavy atom. The Balaban J connectivity index is 1.99. The number of nitrogens with zero attached hydrogens (tertiary/aromatic N) is 2. The van der Waals surface area contributed by atoms with Crippen molar-refractivity contribution in [2.45, 2.75) is 32.8 Å². The van der Waals surface area contributed by atoms with Gasteiger partial charge in [0.2, 0.25) is 0 Å². The van der Waals surface area contributed by atoms with Gasteiger partial charge in [0.1, 0.15) is 5.75 Å². The van der Waals surface area contributed by atoms with Crippen LogP contribution in [0.4, 0.5) is 0 Å². The molecule has 0 unspecified atom stereocenters. The Morgan fingerprint density at radius 1 is 1.16 bits per heavy atom. The number of ether oxygens (including phenoxy) is 1. The van der Waals surface area contributed by atoms with Gasteiger partial charge in [-0.2, -0.15) is 0 Å². The number of hydrogen-bond donors (Lipinski definition) is 0. The summed E-state index contributed by atoms with van der Waals surface area (Å²) in [5.41, 5.74) is 3.91. The van der Waals surface area contributed by atoms with E-state index < -0.39 is 0 Å². The van der Waals surface area contributed by atoms with Crippen molar-refractivity contribution in [2.24, 2.45) is 0 Å². The average Bonchev–Trinajstić information content (AvgIpc) is 3.20. The van der Waals surface area contributed by atoms with Gasteiger partial charge in [0.05, 0.1) is 11.8 Å². The van der Waals surface area contributed by atoms with E-state index in [9.17, 15) is 0 Å². The van der Waals surface area contributed by atoms with Crippen LogP contribution in [0.2, 0.25) is 5.15 Å². The molecule has 1 aliphatic rings. The molecule has 3 rings (SSSR count). The Kier molecular flexibility index (Phi) is 3.15. The van der Waals surface area contributed by atoms with Crippen molar-refractivity contribution in [3.63, 3.8) is 0 Å². The minimum Gasteiger partial charge on any atom is -0.490 e. The van der Waals surface area contributed by atoms with Crippen LogP contribution < -0.4 is 4.74 Å². The number of aromatic nitrogens is 2. The van der Waals surface area contributed by atoms with E-state index in [2.05, 4.69) is 10.2 Å². The molecule has 1 fully saturated rings. The topological polar surface area (TPSA) is 35.0 Å². The molecule has 3 nitrogen and oxygen atoms in total. The molecule has 1 heterocycles. The predicted octanol–water partition coefficient (Wildman–Crippen LogP) is 3.96. The lowest BCUT2D eigenvalue weighted by Gasteiger charge is -2.10. The van der Waals surface area contributed by atoms with E-state index in [1.807, 2.05) is 38.1 Å². The summed E-state index contributed by atoms with van der Waals surface area (Å²) in [5, 5.41) is 8.67. The summed E-state index contributed by atoms with van der Waals surface area (Å²) in [6, 6.07) is 8.00. The second-order valence-electron chi connectivity index (χ2n) is 4.93. The van der Waals surface area contributed by atoms with Crippen LogP contribution in [0.3, 0.4) is 0 Å². The Labute approximate surface area is 117 Å². The highest BCUT2D eigenvalue weighted by molar-refractivity contribution is 6.30. The van der Waals surface area contributed by atoms with Crippen molar-refractivity contribution in [3.8, 4) is 17.0 Å². The predicted molar refractivity (Wildman–Crippen MR) is 75.6 cm³/mol. The zero-order chi connectivity index (χ0) is 13.4. The molecular formula is C15H15ClN2O. The molecule has 0 spiro atoms. The van der Waals surface area contributed by atoms with Gasteiger partial charge in [0.15, 0.2) is 5.15 Å². The van der Waals surface area contributed by atoms with Crippen molar-refractivity contribution in [1.82, 2.24) is 10.2 Å². The van der Waals surface area contributed by atoms with Crippen LogP contribution in [0.5, 0.6) is 5.75 Å². The lowest BCUT2D eigenvalue weighted by molar-refractivity contribution is 0.303. The van der Waals surface area contributed by atoms with Gasteiger partial charge in [-0.3, -0.25) is 0 Å². The number of benzene rings is 1. The molecule has 0 amide bonds. The molecule has 1 aromatic carbocycles. The molecule has 98 valence electrons. The molecule has 0 bridgehead atoms. The summed E-state index contributed by atoms with van der Waals surface area (Å²) < 4.78 is 5.81. The third-order valence-electron chi connectivity index (χ3n) is 3.40. The monoisotopic (exact) mass is 274 g/mol. The van der Waals surface area contributed by atoms with Gasteiger partial charge in [-0.25, -0.2) is 0 Å². The fourth-order valence-corrected chi connectivity index (χ4v) is 2.13. The quantitative estimate of drug-likeness (QED) is 0.850. The van der Waals surface area contributed by atoms with E-state index in [-0.39, 0.29) is 0 Å². The van der Waals surface area contributed by atoms with Crippen molar-refractivity contribution in [1.29, 1.82) is 0 Å². The van der Waals surface area contributed by atoms with Crippen LogP contribution in [-0.2, 0) is 0 Å². The standard InChI is InChI=1S/C15H15ClN2O/c1-9-10(2)15(16)18-17-14(9)11-4-3-5-13(8-11)19-12-6-7-12/h3-5,8,12H,6-7H2,1-2H3.